The molecule has 0 aliphatic carbocycles. The van der Waals surface area contributed by atoms with Gasteiger partial charge >= 0.3 is 0 Å². The lowest BCUT2D eigenvalue weighted by Gasteiger charge is -2.05. The number of hydrogen-bond acceptors (Lipinski definition) is 3. The first-order chi connectivity index (χ1) is 8.06. The van der Waals surface area contributed by atoms with Crippen molar-refractivity contribution in [2.75, 3.05) is 5.73 Å². The Morgan fingerprint density at radius 1 is 1.35 bits per heavy atom. The van der Waals surface area contributed by atoms with E-state index in [0.29, 0.717) is 17.7 Å². The molecule has 88 valence electrons. The summed E-state index contributed by atoms with van der Waals surface area (Å²) < 4.78 is 1.04. The molecule has 4 heteroatoms. The number of thiophene rings is 1. The van der Waals surface area contributed by atoms with Gasteiger partial charge in [-0.1, -0.05) is 11.6 Å². The van der Waals surface area contributed by atoms with Crippen LogP contribution in [0.1, 0.15) is 20.8 Å². The number of carbonyl (C=O) groups excluding carboxylic acids is 1. The van der Waals surface area contributed by atoms with Crippen molar-refractivity contribution in [2.45, 2.75) is 13.3 Å². The molecule has 0 unspecified atom stereocenters. The topological polar surface area (TPSA) is 43.1 Å². The molecule has 0 aliphatic rings. The van der Waals surface area contributed by atoms with Crippen molar-refractivity contribution >= 4 is 38.7 Å². The van der Waals surface area contributed by atoms with Crippen molar-refractivity contribution in [2.24, 2.45) is 0 Å². The number of aryl methyl sites for hydroxylation is 1. The third-order valence-corrected chi connectivity index (χ3v) is 4.10. The van der Waals surface area contributed by atoms with Gasteiger partial charge in [0.05, 0.1) is 3.79 Å². The van der Waals surface area contributed by atoms with Crippen molar-refractivity contribution < 1.29 is 4.79 Å². The lowest BCUT2D eigenvalue weighted by Crippen LogP contribution is -2.06. The molecule has 0 spiro atoms. The Hall–Kier alpha value is -1.13. The largest absolute Gasteiger partial charge is 0.398 e. The van der Waals surface area contributed by atoms with Crippen LogP contribution in [-0.2, 0) is 6.42 Å². The number of anilines is 1. The predicted molar refractivity (Wildman–Crippen MR) is 75.6 cm³/mol. The van der Waals surface area contributed by atoms with E-state index in [2.05, 4.69) is 15.9 Å². The molecule has 1 aromatic carbocycles. The number of Topliss-reactive ketones (excluding diaryl/α,β-unsaturated/α-hetero) is 1. The number of nitrogen functional groups attached to an aromatic ring is 1. The second-order valence-corrected chi connectivity index (χ2v) is 6.44. The molecule has 2 nitrogen and oxygen atoms in total. The minimum absolute atomic E-state index is 0.0700. The van der Waals surface area contributed by atoms with Crippen molar-refractivity contribution in [3.63, 3.8) is 0 Å². The zero-order chi connectivity index (χ0) is 12.4. The van der Waals surface area contributed by atoms with E-state index in [1.165, 1.54) is 0 Å². The summed E-state index contributed by atoms with van der Waals surface area (Å²) >= 11 is 4.96. The summed E-state index contributed by atoms with van der Waals surface area (Å²) in [5.41, 5.74) is 8.05. The van der Waals surface area contributed by atoms with Crippen LogP contribution in [-0.4, -0.2) is 5.78 Å². The van der Waals surface area contributed by atoms with Crippen LogP contribution in [0.15, 0.2) is 34.1 Å². The fourth-order valence-corrected chi connectivity index (χ4v) is 3.09. The maximum Gasteiger partial charge on any atom is 0.170 e. The van der Waals surface area contributed by atoms with Crippen LogP contribution >= 0.6 is 27.3 Å². The van der Waals surface area contributed by atoms with Crippen LogP contribution in [0.25, 0.3) is 0 Å². The second-order valence-electron chi connectivity index (χ2n) is 3.90. The number of carbonyl (C=O) groups is 1. The van der Waals surface area contributed by atoms with Gasteiger partial charge < -0.3 is 5.73 Å². The molecule has 0 saturated carbocycles. The van der Waals surface area contributed by atoms with Gasteiger partial charge in [-0.3, -0.25) is 4.79 Å². The molecular formula is C13H12BrNOS. The SMILES string of the molecule is Cc1ccc(N)c(C(=O)Cc2ccc(Br)s2)c1. The average Bonchev–Trinajstić information content (AvgIpc) is 2.67. The molecule has 0 amide bonds. The van der Waals surface area contributed by atoms with Crippen molar-refractivity contribution in [3.8, 4) is 0 Å². The van der Waals surface area contributed by atoms with Crippen molar-refractivity contribution in [1.82, 2.24) is 0 Å². The molecule has 2 aromatic rings. The summed E-state index contributed by atoms with van der Waals surface area (Å²) in [7, 11) is 0. The van der Waals surface area contributed by atoms with E-state index in [1.54, 1.807) is 17.4 Å². The molecule has 0 saturated heterocycles. The smallest absolute Gasteiger partial charge is 0.170 e. The monoisotopic (exact) mass is 309 g/mol. The zero-order valence-electron chi connectivity index (χ0n) is 9.37. The second kappa shape index (κ2) is 5.02. The van der Waals surface area contributed by atoms with E-state index >= 15 is 0 Å². The normalized spacial score (nSPS) is 10.5. The lowest BCUT2D eigenvalue weighted by atomic mass is 10.0. The number of hydrogen-bond donors (Lipinski definition) is 1. The summed E-state index contributed by atoms with van der Waals surface area (Å²) in [6, 6.07) is 9.45. The van der Waals surface area contributed by atoms with Crippen LogP contribution in [0.5, 0.6) is 0 Å². The fraction of sp³-hybridized carbons (Fsp3) is 0.154. The fourth-order valence-electron chi connectivity index (χ4n) is 1.61. The Kier molecular flexibility index (Phi) is 3.64. The molecule has 1 aromatic heterocycles. The first kappa shape index (κ1) is 12.3. The van der Waals surface area contributed by atoms with Gasteiger partial charge in [-0.25, -0.2) is 0 Å². The van der Waals surface area contributed by atoms with Gasteiger partial charge in [0.2, 0.25) is 0 Å². The third-order valence-electron chi connectivity index (χ3n) is 2.47. The summed E-state index contributed by atoms with van der Waals surface area (Å²) in [4.78, 5) is 13.2. The lowest BCUT2D eigenvalue weighted by molar-refractivity contribution is 0.0994. The number of ketones is 1. The van der Waals surface area contributed by atoms with Gasteiger partial charge in [0.1, 0.15) is 0 Å². The number of rotatable bonds is 3. The molecule has 2 N–H and O–H groups in total. The summed E-state index contributed by atoms with van der Waals surface area (Å²) in [6.45, 7) is 1.96. The van der Waals surface area contributed by atoms with Gasteiger partial charge in [0, 0.05) is 22.5 Å². The Morgan fingerprint density at radius 2 is 2.12 bits per heavy atom. The van der Waals surface area contributed by atoms with Gasteiger partial charge in [-0.05, 0) is 47.1 Å². The highest BCUT2D eigenvalue weighted by molar-refractivity contribution is 9.11. The molecular weight excluding hydrogens is 298 g/mol. The summed E-state index contributed by atoms with van der Waals surface area (Å²) in [5, 5.41) is 0. The highest BCUT2D eigenvalue weighted by Crippen LogP contribution is 2.24. The Bertz CT molecular complexity index is 562. The molecule has 1 heterocycles. The average molecular weight is 310 g/mol. The zero-order valence-corrected chi connectivity index (χ0v) is 11.8. The Labute approximate surface area is 113 Å². The molecule has 0 aliphatic heterocycles. The van der Waals surface area contributed by atoms with Crippen LogP contribution in [0.2, 0.25) is 0 Å². The quantitative estimate of drug-likeness (QED) is 0.691. The molecule has 0 fully saturated rings. The van der Waals surface area contributed by atoms with Crippen LogP contribution < -0.4 is 5.73 Å². The summed E-state index contributed by atoms with van der Waals surface area (Å²) in [5.74, 6) is 0.0700. The Morgan fingerprint density at radius 3 is 2.76 bits per heavy atom. The van der Waals surface area contributed by atoms with E-state index in [-0.39, 0.29) is 5.78 Å². The van der Waals surface area contributed by atoms with Crippen LogP contribution in [0, 0.1) is 6.92 Å². The molecule has 2 rings (SSSR count). The molecule has 0 bridgehead atoms. The van der Waals surface area contributed by atoms with Crippen LogP contribution in [0.3, 0.4) is 0 Å². The van der Waals surface area contributed by atoms with Crippen molar-refractivity contribution in [3.05, 3.63) is 50.1 Å². The number of nitrogens with two attached hydrogens (primary N) is 1. The maximum absolute atomic E-state index is 12.1. The third kappa shape index (κ3) is 2.96. The standard InChI is InChI=1S/C13H12BrNOS/c1-8-2-4-11(15)10(6-8)12(16)7-9-3-5-13(14)17-9/h2-6H,7,15H2,1H3. The molecule has 17 heavy (non-hydrogen) atoms. The molecule has 0 atom stereocenters. The number of halogens is 1. The van der Waals surface area contributed by atoms with Gasteiger partial charge in [-0.15, -0.1) is 11.3 Å². The van der Waals surface area contributed by atoms with E-state index < -0.39 is 0 Å². The van der Waals surface area contributed by atoms with E-state index in [1.807, 2.05) is 31.2 Å². The van der Waals surface area contributed by atoms with E-state index in [4.69, 9.17) is 5.73 Å². The predicted octanol–water partition coefficient (Wildman–Crippen LogP) is 3.83. The van der Waals surface area contributed by atoms with Crippen LogP contribution in [0.4, 0.5) is 5.69 Å². The van der Waals surface area contributed by atoms with Gasteiger partial charge in [0.15, 0.2) is 5.78 Å². The Balaban J connectivity index is 2.22. The maximum atomic E-state index is 12.1. The number of benzene rings is 1. The van der Waals surface area contributed by atoms with Gasteiger partial charge in [0.25, 0.3) is 0 Å². The minimum Gasteiger partial charge on any atom is -0.398 e. The van der Waals surface area contributed by atoms with E-state index in [9.17, 15) is 4.79 Å². The highest BCUT2D eigenvalue weighted by atomic mass is 79.9. The first-order valence-corrected chi connectivity index (χ1v) is 6.81. The van der Waals surface area contributed by atoms with E-state index in [0.717, 1.165) is 14.2 Å². The van der Waals surface area contributed by atoms with Gasteiger partial charge in [-0.2, -0.15) is 0 Å². The highest BCUT2D eigenvalue weighted by Gasteiger charge is 2.11. The summed E-state index contributed by atoms with van der Waals surface area (Å²) in [6.07, 6.45) is 0.407. The minimum atomic E-state index is 0.0700. The first-order valence-electron chi connectivity index (χ1n) is 5.20. The molecule has 0 radical (unpaired) electrons. The van der Waals surface area contributed by atoms with Crippen molar-refractivity contribution in [1.29, 1.82) is 0 Å².